The minimum absolute atomic E-state index is 0.118. The van der Waals surface area contributed by atoms with Crippen LogP contribution in [-0.4, -0.2) is 21.2 Å². The van der Waals surface area contributed by atoms with E-state index in [2.05, 4.69) is 0 Å². The van der Waals surface area contributed by atoms with Crippen LogP contribution >= 0.6 is 46.4 Å². The summed E-state index contributed by atoms with van der Waals surface area (Å²) in [5, 5.41) is -2.17. The molecule has 6 heteroatoms. The summed E-state index contributed by atoms with van der Waals surface area (Å²) in [5.41, 5.74) is -1.33. The highest BCUT2D eigenvalue weighted by Crippen LogP contribution is 2.43. The molecule has 1 aliphatic carbocycles. The second-order valence-corrected chi connectivity index (χ2v) is 5.21. The van der Waals surface area contributed by atoms with Crippen LogP contribution in [-0.2, 0) is 9.59 Å². The summed E-state index contributed by atoms with van der Waals surface area (Å²) in [4.78, 5) is 22.3. The third-order valence-corrected chi connectivity index (χ3v) is 4.37. The van der Waals surface area contributed by atoms with E-state index >= 15 is 0 Å². The van der Waals surface area contributed by atoms with Gasteiger partial charge < -0.3 is 0 Å². The van der Waals surface area contributed by atoms with E-state index in [0.717, 1.165) is 0 Å². The zero-order chi connectivity index (χ0) is 10.9. The van der Waals surface area contributed by atoms with Gasteiger partial charge in [0.1, 0.15) is 5.41 Å². The molecule has 0 spiro atoms. The largest absolute Gasteiger partial charge is 0.280 e. The average Bonchev–Trinajstić information content (AvgIpc) is 2.09. The average molecular weight is 278 g/mol. The van der Waals surface area contributed by atoms with Gasteiger partial charge in [0.05, 0.1) is 10.8 Å². The Bertz CT molecular complexity index is 252. The van der Waals surface area contributed by atoms with Crippen LogP contribution in [0.25, 0.3) is 0 Å². The molecule has 1 rings (SSSR count). The quantitative estimate of drug-likeness (QED) is 0.442. The molecule has 0 amide bonds. The molecule has 14 heavy (non-hydrogen) atoms. The van der Waals surface area contributed by atoms with E-state index in [1.807, 2.05) is 0 Å². The van der Waals surface area contributed by atoms with Crippen molar-refractivity contribution in [3.8, 4) is 0 Å². The highest BCUT2D eigenvalue weighted by atomic mass is 35.5. The Labute approximate surface area is 102 Å². The normalized spacial score (nSPS) is 31.1. The first-order valence-electron chi connectivity index (χ1n) is 4.08. The zero-order valence-electron chi connectivity index (χ0n) is 7.10. The molecule has 1 fully saturated rings. The highest BCUT2D eigenvalue weighted by Gasteiger charge is 2.49. The SMILES string of the molecule is O=C(Cl)C1(C(=O)Cl)CCC(Cl)C(Cl)C1. The number of rotatable bonds is 2. The lowest BCUT2D eigenvalue weighted by molar-refractivity contribution is -0.133. The van der Waals surface area contributed by atoms with E-state index in [-0.39, 0.29) is 18.2 Å². The molecule has 2 unspecified atom stereocenters. The smallest absolute Gasteiger partial charge is 0.236 e. The molecule has 0 aromatic heterocycles. The molecule has 0 aromatic carbocycles. The van der Waals surface area contributed by atoms with Gasteiger partial charge in [0, 0.05) is 0 Å². The van der Waals surface area contributed by atoms with E-state index in [4.69, 9.17) is 46.4 Å². The molecule has 0 N–H and O–H groups in total. The standard InChI is InChI=1S/C8H8Cl4O2/c9-4-1-2-8(6(11)13,7(12)14)3-5(4)10/h4-5H,1-3H2. The number of carbonyl (C=O) groups is 2. The fourth-order valence-electron chi connectivity index (χ4n) is 1.56. The van der Waals surface area contributed by atoms with Crippen molar-refractivity contribution in [3.63, 3.8) is 0 Å². The lowest BCUT2D eigenvalue weighted by atomic mass is 9.75. The van der Waals surface area contributed by atoms with E-state index in [9.17, 15) is 9.59 Å². The Kier molecular flexibility index (Phi) is 4.10. The van der Waals surface area contributed by atoms with Gasteiger partial charge in [-0.05, 0) is 42.5 Å². The molecule has 2 nitrogen and oxygen atoms in total. The second-order valence-electron chi connectivity index (χ2n) is 3.40. The minimum atomic E-state index is -1.33. The first-order chi connectivity index (χ1) is 6.40. The van der Waals surface area contributed by atoms with Gasteiger partial charge in [-0.2, -0.15) is 0 Å². The molecule has 2 atom stereocenters. The maximum absolute atomic E-state index is 11.2. The number of alkyl halides is 2. The lowest BCUT2D eigenvalue weighted by Gasteiger charge is -2.35. The van der Waals surface area contributed by atoms with Crippen LogP contribution < -0.4 is 0 Å². The summed E-state index contributed by atoms with van der Waals surface area (Å²) in [6.07, 6.45) is 0.856. The van der Waals surface area contributed by atoms with E-state index < -0.39 is 21.3 Å². The maximum atomic E-state index is 11.2. The van der Waals surface area contributed by atoms with Crippen LogP contribution in [0.4, 0.5) is 0 Å². The van der Waals surface area contributed by atoms with E-state index in [0.29, 0.717) is 6.42 Å². The van der Waals surface area contributed by atoms with Crippen molar-refractivity contribution in [2.24, 2.45) is 5.41 Å². The first kappa shape index (κ1) is 12.6. The Hall–Kier alpha value is 0.500. The highest BCUT2D eigenvalue weighted by molar-refractivity contribution is 6.74. The number of hydrogen-bond donors (Lipinski definition) is 0. The van der Waals surface area contributed by atoms with Gasteiger partial charge in [-0.1, -0.05) is 0 Å². The van der Waals surface area contributed by atoms with Crippen LogP contribution in [0.3, 0.4) is 0 Å². The van der Waals surface area contributed by atoms with Gasteiger partial charge >= 0.3 is 0 Å². The maximum Gasteiger partial charge on any atom is 0.236 e. The van der Waals surface area contributed by atoms with E-state index in [1.165, 1.54) is 0 Å². The van der Waals surface area contributed by atoms with Crippen molar-refractivity contribution in [1.82, 2.24) is 0 Å². The third-order valence-electron chi connectivity index (χ3n) is 2.54. The van der Waals surface area contributed by atoms with Gasteiger partial charge in [-0.3, -0.25) is 9.59 Å². The molecule has 0 saturated heterocycles. The molecule has 0 aromatic rings. The van der Waals surface area contributed by atoms with Gasteiger partial charge in [0.2, 0.25) is 10.5 Å². The number of hydrogen-bond acceptors (Lipinski definition) is 2. The fraction of sp³-hybridized carbons (Fsp3) is 0.750. The van der Waals surface area contributed by atoms with Crippen LogP contribution in [0.5, 0.6) is 0 Å². The van der Waals surface area contributed by atoms with Crippen molar-refractivity contribution >= 4 is 56.9 Å². The summed E-state index contributed by atoms with van der Waals surface area (Å²) in [6, 6.07) is 0. The summed E-state index contributed by atoms with van der Waals surface area (Å²) in [7, 11) is 0. The molecular formula is C8H8Cl4O2. The Morgan fingerprint density at radius 1 is 1.07 bits per heavy atom. The first-order valence-corrected chi connectivity index (χ1v) is 5.71. The van der Waals surface area contributed by atoms with Crippen molar-refractivity contribution in [1.29, 1.82) is 0 Å². The molecular weight excluding hydrogens is 270 g/mol. The van der Waals surface area contributed by atoms with Crippen LogP contribution in [0.15, 0.2) is 0 Å². The van der Waals surface area contributed by atoms with Crippen molar-refractivity contribution < 1.29 is 9.59 Å². The van der Waals surface area contributed by atoms with Gasteiger partial charge in [-0.15, -0.1) is 23.2 Å². The van der Waals surface area contributed by atoms with Crippen molar-refractivity contribution in [3.05, 3.63) is 0 Å². The van der Waals surface area contributed by atoms with Gasteiger partial charge in [-0.25, -0.2) is 0 Å². The zero-order valence-corrected chi connectivity index (χ0v) is 10.1. The summed E-state index contributed by atoms with van der Waals surface area (Å²) in [6.45, 7) is 0. The predicted molar refractivity (Wildman–Crippen MR) is 57.3 cm³/mol. The Morgan fingerprint density at radius 3 is 1.93 bits per heavy atom. The third kappa shape index (κ3) is 2.19. The molecule has 0 aliphatic heterocycles. The van der Waals surface area contributed by atoms with Crippen molar-refractivity contribution in [2.75, 3.05) is 0 Å². The number of carbonyl (C=O) groups excluding carboxylic acids is 2. The second kappa shape index (κ2) is 4.56. The molecule has 1 saturated carbocycles. The van der Waals surface area contributed by atoms with E-state index in [1.54, 1.807) is 0 Å². The van der Waals surface area contributed by atoms with Crippen molar-refractivity contribution in [2.45, 2.75) is 30.0 Å². The topological polar surface area (TPSA) is 34.1 Å². The molecule has 0 bridgehead atoms. The van der Waals surface area contributed by atoms with Gasteiger partial charge in [0.25, 0.3) is 0 Å². The molecule has 1 aliphatic rings. The lowest BCUT2D eigenvalue weighted by Crippen LogP contribution is -2.43. The van der Waals surface area contributed by atoms with Crippen LogP contribution in [0.2, 0.25) is 0 Å². The number of halogens is 4. The minimum Gasteiger partial charge on any atom is -0.280 e. The monoisotopic (exact) mass is 276 g/mol. The fourth-order valence-corrected chi connectivity index (χ4v) is 2.71. The Balaban J connectivity index is 2.91. The molecule has 0 heterocycles. The summed E-state index contributed by atoms with van der Waals surface area (Å²) in [5.74, 6) is 0. The van der Waals surface area contributed by atoms with Crippen LogP contribution in [0, 0.1) is 5.41 Å². The summed E-state index contributed by atoms with van der Waals surface area (Å²) < 4.78 is 0. The van der Waals surface area contributed by atoms with Gasteiger partial charge in [0.15, 0.2) is 0 Å². The molecule has 80 valence electrons. The summed E-state index contributed by atoms with van der Waals surface area (Å²) >= 11 is 22.5. The van der Waals surface area contributed by atoms with Crippen LogP contribution in [0.1, 0.15) is 19.3 Å². The predicted octanol–water partition coefficient (Wildman–Crippen LogP) is 2.90. The molecule has 0 radical (unpaired) electrons. The Morgan fingerprint density at radius 2 is 1.57 bits per heavy atom.